The summed E-state index contributed by atoms with van der Waals surface area (Å²) in [6.45, 7) is 5.45. The maximum absolute atomic E-state index is 3.41. The molecule has 110 valence electrons. The zero-order valence-electron chi connectivity index (χ0n) is 12.8. The van der Waals surface area contributed by atoms with Crippen LogP contribution in [0.15, 0.2) is 48.1 Å². The van der Waals surface area contributed by atoms with Crippen molar-refractivity contribution < 1.29 is 0 Å². The maximum Gasteiger partial charge on any atom is 0.0484 e. The molecule has 0 bridgehead atoms. The van der Waals surface area contributed by atoms with E-state index in [2.05, 4.69) is 71.8 Å². The van der Waals surface area contributed by atoms with Crippen LogP contribution in [0.25, 0.3) is 10.1 Å². The van der Waals surface area contributed by atoms with Crippen LogP contribution in [0.3, 0.4) is 0 Å². The zero-order chi connectivity index (χ0) is 14.8. The third-order valence-electron chi connectivity index (χ3n) is 4.02. The third-order valence-corrected chi connectivity index (χ3v) is 5.04. The molecule has 0 fully saturated rings. The lowest BCUT2D eigenvalue weighted by atomic mass is 9.99. The van der Waals surface area contributed by atoms with E-state index in [0.717, 1.165) is 6.54 Å². The van der Waals surface area contributed by atoms with E-state index in [1.54, 1.807) is 0 Å². The molecule has 3 heteroatoms. The van der Waals surface area contributed by atoms with E-state index in [1.165, 1.54) is 21.2 Å². The van der Waals surface area contributed by atoms with Gasteiger partial charge in [0.2, 0.25) is 0 Å². The van der Waals surface area contributed by atoms with Gasteiger partial charge in [0.1, 0.15) is 0 Å². The van der Waals surface area contributed by atoms with Crippen molar-refractivity contribution in [3.8, 4) is 0 Å². The summed E-state index contributed by atoms with van der Waals surface area (Å²) >= 11 is 1.83. The summed E-state index contributed by atoms with van der Waals surface area (Å²) in [5, 5.41) is 7.07. The van der Waals surface area contributed by atoms with E-state index in [1.807, 2.05) is 18.4 Å². The molecule has 0 saturated carbocycles. The van der Waals surface area contributed by atoms with Gasteiger partial charge in [-0.05, 0) is 47.0 Å². The average molecular weight is 298 g/mol. The van der Waals surface area contributed by atoms with Crippen LogP contribution in [0.2, 0.25) is 0 Å². The van der Waals surface area contributed by atoms with Crippen molar-refractivity contribution >= 4 is 21.4 Å². The van der Waals surface area contributed by atoms with E-state index in [0.29, 0.717) is 12.0 Å². The molecule has 2 nitrogen and oxygen atoms in total. The molecule has 1 aromatic carbocycles. The summed E-state index contributed by atoms with van der Waals surface area (Å²) in [6, 6.07) is 11.3. The molecule has 0 spiro atoms. The molecule has 21 heavy (non-hydrogen) atoms. The van der Waals surface area contributed by atoms with Crippen molar-refractivity contribution in [1.82, 2.24) is 9.88 Å². The number of hydrogen-bond donors (Lipinski definition) is 1. The molecule has 0 aliphatic rings. The SMILES string of the molecule is CNC(c1ccn(Cc2csc3ccccc23)c1)C(C)C. The number of thiophene rings is 1. The zero-order valence-corrected chi connectivity index (χ0v) is 13.7. The minimum atomic E-state index is 0.422. The highest BCUT2D eigenvalue weighted by atomic mass is 32.1. The van der Waals surface area contributed by atoms with Crippen LogP contribution in [0.4, 0.5) is 0 Å². The second kappa shape index (κ2) is 6.04. The molecule has 2 aromatic heterocycles. The maximum atomic E-state index is 3.41. The summed E-state index contributed by atoms with van der Waals surface area (Å²) in [7, 11) is 2.04. The van der Waals surface area contributed by atoms with Crippen LogP contribution in [-0.4, -0.2) is 11.6 Å². The van der Waals surface area contributed by atoms with Crippen LogP contribution in [-0.2, 0) is 6.54 Å². The lowest BCUT2D eigenvalue weighted by Crippen LogP contribution is -2.21. The summed E-state index contributed by atoms with van der Waals surface area (Å²) < 4.78 is 3.66. The molecule has 1 N–H and O–H groups in total. The first-order chi connectivity index (χ1) is 10.2. The highest BCUT2D eigenvalue weighted by molar-refractivity contribution is 7.17. The molecule has 1 atom stereocenters. The monoisotopic (exact) mass is 298 g/mol. The van der Waals surface area contributed by atoms with Gasteiger partial charge in [0.15, 0.2) is 0 Å². The molecular formula is C18H22N2S. The van der Waals surface area contributed by atoms with Gasteiger partial charge < -0.3 is 9.88 Å². The van der Waals surface area contributed by atoms with Gasteiger partial charge in [-0.25, -0.2) is 0 Å². The van der Waals surface area contributed by atoms with Crippen LogP contribution in [0.1, 0.15) is 31.0 Å². The average Bonchev–Trinajstić information content (AvgIpc) is 3.08. The Labute approximate surface area is 130 Å². The predicted octanol–water partition coefficient (Wildman–Crippen LogP) is 4.67. The highest BCUT2D eigenvalue weighted by Crippen LogP contribution is 2.27. The van der Waals surface area contributed by atoms with E-state index >= 15 is 0 Å². The lowest BCUT2D eigenvalue weighted by molar-refractivity contribution is 0.443. The number of hydrogen-bond acceptors (Lipinski definition) is 2. The Morgan fingerprint density at radius 1 is 1.19 bits per heavy atom. The molecule has 0 saturated heterocycles. The molecular weight excluding hydrogens is 276 g/mol. The Kier molecular flexibility index (Phi) is 4.13. The van der Waals surface area contributed by atoms with Crippen molar-refractivity contribution in [3.63, 3.8) is 0 Å². The molecule has 0 aliphatic carbocycles. The standard InChI is InChI=1S/C18H22N2S/c1-13(2)18(19-3)14-8-9-20(10-14)11-15-12-21-17-7-5-4-6-16(15)17/h4-10,12-13,18-19H,11H2,1-3H3. The Hall–Kier alpha value is -1.58. The summed E-state index contributed by atoms with van der Waals surface area (Å²) in [5.74, 6) is 0.591. The summed E-state index contributed by atoms with van der Waals surface area (Å²) in [4.78, 5) is 0. The Bertz CT molecular complexity index is 723. The molecule has 1 unspecified atom stereocenters. The first kappa shape index (κ1) is 14.4. The van der Waals surface area contributed by atoms with Gasteiger partial charge >= 0.3 is 0 Å². The third kappa shape index (κ3) is 2.89. The fraction of sp³-hybridized carbons (Fsp3) is 0.333. The van der Waals surface area contributed by atoms with Gasteiger partial charge in [0.05, 0.1) is 0 Å². The molecule has 0 radical (unpaired) electrons. The van der Waals surface area contributed by atoms with Crippen molar-refractivity contribution in [3.05, 3.63) is 59.2 Å². The van der Waals surface area contributed by atoms with E-state index < -0.39 is 0 Å². The number of nitrogens with zero attached hydrogens (tertiary/aromatic N) is 1. The molecule has 0 aliphatic heterocycles. The van der Waals surface area contributed by atoms with Crippen LogP contribution in [0, 0.1) is 5.92 Å². The Morgan fingerprint density at radius 3 is 2.76 bits per heavy atom. The van der Waals surface area contributed by atoms with Gasteiger partial charge in [-0.3, -0.25) is 0 Å². The highest BCUT2D eigenvalue weighted by Gasteiger charge is 2.14. The number of benzene rings is 1. The minimum absolute atomic E-state index is 0.422. The molecule has 3 rings (SSSR count). The van der Waals surface area contributed by atoms with Gasteiger partial charge in [0.25, 0.3) is 0 Å². The predicted molar refractivity (Wildman–Crippen MR) is 92.0 cm³/mol. The minimum Gasteiger partial charge on any atom is -0.350 e. The Balaban J connectivity index is 1.84. The second-order valence-corrected chi connectivity index (χ2v) is 6.80. The quantitative estimate of drug-likeness (QED) is 0.724. The largest absolute Gasteiger partial charge is 0.350 e. The van der Waals surface area contributed by atoms with Crippen molar-refractivity contribution in [2.45, 2.75) is 26.4 Å². The number of rotatable bonds is 5. The molecule has 0 amide bonds. The normalized spacial score (nSPS) is 13.1. The molecule has 3 aromatic rings. The van der Waals surface area contributed by atoms with Gasteiger partial charge in [0, 0.05) is 29.7 Å². The fourth-order valence-corrected chi connectivity index (χ4v) is 3.93. The van der Waals surface area contributed by atoms with Gasteiger partial charge in [-0.1, -0.05) is 32.0 Å². The van der Waals surface area contributed by atoms with E-state index in [4.69, 9.17) is 0 Å². The number of fused-ring (bicyclic) bond motifs is 1. The first-order valence-electron chi connectivity index (χ1n) is 7.47. The van der Waals surface area contributed by atoms with Crippen LogP contribution >= 0.6 is 11.3 Å². The number of nitrogens with one attached hydrogen (secondary N) is 1. The summed E-state index contributed by atoms with van der Waals surface area (Å²) in [5.41, 5.74) is 2.77. The smallest absolute Gasteiger partial charge is 0.0484 e. The van der Waals surface area contributed by atoms with Crippen LogP contribution in [0.5, 0.6) is 0 Å². The second-order valence-electron chi connectivity index (χ2n) is 5.88. The van der Waals surface area contributed by atoms with Gasteiger partial charge in [-0.2, -0.15) is 0 Å². The van der Waals surface area contributed by atoms with Gasteiger partial charge in [-0.15, -0.1) is 11.3 Å². The molecule has 2 heterocycles. The van der Waals surface area contributed by atoms with E-state index in [-0.39, 0.29) is 0 Å². The Morgan fingerprint density at radius 2 is 2.00 bits per heavy atom. The van der Waals surface area contributed by atoms with Crippen molar-refractivity contribution in [2.24, 2.45) is 5.92 Å². The number of aromatic nitrogens is 1. The van der Waals surface area contributed by atoms with Crippen LogP contribution < -0.4 is 5.32 Å². The van der Waals surface area contributed by atoms with Crippen molar-refractivity contribution in [1.29, 1.82) is 0 Å². The first-order valence-corrected chi connectivity index (χ1v) is 8.35. The topological polar surface area (TPSA) is 17.0 Å². The lowest BCUT2D eigenvalue weighted by Gasteiger charge is -2.18. The fourth-order valence-electron chi connectivity index (χ4n) is 2.98. The summed E-state index contributed by atoms with van der Waals surface area (Å²) in [6.07, 6.45) is 4.46. The van der Waals surface area contributed by atoms with E-state index in [9.17, 15) is 0 Å². The van der Waals surface area contributed by atoms with Crippen molar-refractivity contribution in [2.75, 3.05) is 7.05 Å².